The molecule has 0 bridgehead atoms. The van der Waals surface area contributed by atoms with Gasteiger partial charge in [-0.15, -0.1) is 0 Å². The third-order valence-corrected chi connectivity index (χ3v) is 3.03. The van der Waals surface area contributed by atoms with Gasteiger partial charge in [-0.3, -0.25) is 0 Å². The first-order valence-electron chi connectivity index (χ1n) is 6.46. The van der Waals surface area contributed by atoms with Gasteiger partial charge in [0, 0.05) is 11.5 Å². The summed E-state index contributed by atoms with van der Waals surface area (Å²) >= 11 is 0. The Labute approximate surface area is 109 Å². The lowest BCUT2D eigenvalue weighted by atomic mass is 9.92. The molecule has 0 saturated heterocycles. The Balaban J connectivity index is 2.16. The van der Waals surface area contributed by atoms with E-state index in [0.717, 1.165) is 18.4 Å². The summed E-state index contributed by atoms with van der Waals surface area (Å²) in [5.74, 6) is 0.0231. The van der Waals surface area contributed by atoms with E-state index >= 15 is 0 Å². The molecule has 1 aromatic carbocycles. The molecule has 96 valence electrons. The summed E-state index contributed by atoms with van der Waals surface area (Å²) in [6, 6.07) is 10.2. The molecule has 0 N–H and O–H groups in total. The van der Waals surface area contributed by atoms with Crippen molar-refractivity contribution in [3.8, 4) is 0 Å². The van der Waals surface area contributed by atoms with E-state index in [0.29, 0.717) is 0 Å². The molecule has 2 rings (SSSR count). The lowest BCUT2D eigenvalue weighted by Crippen LogP contribution is -2.25. The minimum atomic E-state index is -0.429. The van der Waals surface area contributed by atoms with Gasteiger partial charge in [0.2, 0.25) is 0 Å². The largest absolute Gasteiger partial charge is 0.457 e. The van der Waals surface area contributed by atoms with E-state index in [1.165, 1.54) is 5.56 Å². The SMILES string of the molecule is CC(C)(C)OC(=O)C1=CCCC1c1ccccc1. The number of hydrogen-bond acceptors (Lipinski definition) is 2. The van der Waals surface area contributed by atoms with Crippen LogP contribution in [0.15, 0.2) is 42.0 Å². The van der Waals surface area contributed by atoms with Crippen LogP contribution in [0.2, 0.25) is 0 Å². The van der Waals surface area contributed by atoms with Gasteiger partial charge in [0.05, 0.1) is 0 Å². The van der Waals surface area contributed by atoms with Gasteiger partial charge in [0.15, 0.2) is 0 Å². The molecule has 18 heavy (non-hydrogen) atoms. The topological polar surface area (TPSA) is 26.3 Å². The summed E-state index contributed by atoms with van der Waals surface area (Å²) in [4.78, 5) is 12.2. The highest BCUT2D eigenvalue weighted by Crippen LogP contribution is 2.36. The van der Waals surface area contributed by atoms with Crippen molar-refractivity contribution in [2.24, 2.45) is 0 Å². The highest BCUT2D eigenvalue weighted by atomic mass is 16.6. The first-order chi connectivity index (χ1) is 8.47. The van der Waals surface area contributed by atoms with E-state index in [1.807, 2.05) is 45.0 Å². The third-order valence-electron chi connectivity index (χ3n) is 3.03. The summed E-state index contributed by atoms with van der Waals surface area (Å²) in [5, 5.41) is 0. The molecule has 0 aliphatic heterocycles. The number of ether oxygens (including phenoxy) is 1. The number of rotatable bonds is 2. The van der Waals surface area contributed by atoms with Crippen LogP contribution in [0.5, 0.6) is 0 Å². The predicted molar refractivity (Wildman–Crippen MR) is 72.3 cm³/mol. The van der Waals surface area contributed by atoms with Crippen LogP contribution in [0.4, 0.5) is 0 Å². The first-order valence-corrected chi connectivity index (χ1v) is 6.46. The zero-order valence-electron chi connectivity index (χ0n) is 11.3. The predicted octanol–water partition coefficient (Wildman–Crippen LogP) is 3.83. The van der Waals surface area contributed by atoms with Crippen molar-refractivity contribution in [1.82, 2.24) is 0 Å². The lowest BCUT2D eigenvalue weighted by Gasteiger charge is -2.22. The summed E-state index contributed by atoms with van der Waals surface area (Å²) in [5.41, 5.74) is 1.59. The Bertz CT molecular complexity index is 452. The third kappa shape index (κ3) is 3.00. The van der Waals surface area contributed by atoms with Crippen molar-refractivity contribution in [3.63, 3.8) is 0 Å². The fourth-order valence-corrected chi connectivity index (χ4v) is 2.30. The van der Waals surface area contributed by atoms with Crippen molar-refractivity contribution in [2.45, 2.75) is 45.1 Å². The molecular formula is C16H20O2. The smallest absolute Gasteiger partial charge is 0.334 e. The highest BCUT2D eigenvalue weighted by Gasteiger charge is 2.29. The molecule has 0 aromatic heterocycles. The van der Waals surface area contributed by atoms with E-state index in [1.54, 1.807) is 0 Å². The molecule has 0 heterocycles. The fourth-order valence-electron chi connectivity index (χ4n) is 2.30. The monoisotopic (exact) mass is 244 g/mol. The van der Waals surface area contributed by atoms with Crippen LogP contribution in [0.3, 0.4) is 0 Å². The Morgan fingerprint density at radius 1 is 1.22 bits per heavy atom. The van der Waals surface area contributed by atoms with Crippen LogP contribution in [0.25, 0.3) is 0 Å². The zero-order chi connectivity index (χ0) is 13.2. The molecule has 1 aliphatic carbocycles. The number of carbonyl (C=O) groups excluding carboxylic acids is 1. The summed E-state index contributed by atoms with van der Waals surface area (Å²) < 4.78 is 5.47. The van der Waals surface area contributed by atoms with Crippen LogP contribution in [-0.2, 0) is 9.53 Å². The average Bonchev–Trinajstić information content (AvgIpc) is 2.76. The average molecular weight is 244 g/mol. The van der Waals surface area contributed by atoms with Gasteiger partial charge < -0.3 is 4.74 Å². The molecule has 1 aromatic rings. The summed E-state index contributed by atoms with van der Waals surface area (Å²) in [6.45, 7) is 5.70. The second-order valence-electron chi connectivity index (χ2n) is 5.70. The number of hydrogen-bond donors (Lipinski definition) is 0. The molecule has 0 amide bonds. The van der Waals surface area contributed by atoms with Crippen molar-refractivity contribution in [2.75, 3.05) is 0 Å². The quantitative estimate of drug-likeness (QED) is 0.739. The van der Waals surface area contributed by atoms with Gasteiger partial charge >= 0.3 is 5.97 Å². The molecular weight excluding hydrogens is 224 g/mol. The molecule has 1 aliphatic rings. The maximum absolute atomic E-state index is 12.2. The molecule has 2 nitrogen and oxygen atoms in total. The molecule has 0 fully saturated rings. The van der Waals surface area contributed by atoms with Gasteiger partial charge in [-0.1, -0.05) is 36.4 Å². The van der Waals surface area contributed by atoms with E-state index in [4.69, 9.17) is 4.74 Å². The standard InChI is InChI=1S/C16H20O2/c1-16(2,3)18-15(17)14-11-7-10-13(14)12-8-5-4-6-9-12/h4-6,8-9,11,13H,7,10H2,1-3H3. The van der Waals surface area contributed by atoms with E-state index in [-0.39, 0.29) is 11.9 Å². The Morgan fingerprint density at radius 3 is 2.50 bits per heavy atom. The van der Waals surface area contributed by atoms with Gasteiger partial charge in [-0.05, 0) is 39.2 Å². The van der Waals surface area contributed by atoms with Gasteiger partial charge in [-0.2, -0.15) is 0 Å². The molecule has 2 heteroatoms. The van der Waals surface area contributed by atoms with Crippen LogP contribution >= 0.6 is 0 Å². The molecule has 0 radical (unpaired) electrons. The van der Waals surface area contributed by atoms with Crippen LogP contribution in [0.1, 0.15) is 45.1 Å². The van der Waals surface area contributed by atoms with Crippen LogP contribution < -0.4 is 0 Å². The maximum Gasteiger partial charge on any atom is 0.334 e. The minimum absolute atomic E-state index is 0.172. The van der Waals surface area contributed by atoms with E-state index in [9.17, 15) is 4.79 Å². The summed E-state index contributed by atoms with van der Waals surface area (Å²) in [7, 11) is 0. The number of allylic oxidation sites excluding steroid dienone is 1. The highest BCUT2D eigenvalue weighted by molar-refractivity contribution is 5.91. The lowest BCUT2D eigenvalue weighted by molar-refractivity contribution is -0.150. The van der Waals surface area contributed by atoms with Crippen molar-refractivity contribution in [3.05, 3.63) is 47.5 Å². The summed E-state index contributed by atoms with van der Waals surface area (Å²) in [6.07, 6.45) is 3.97. The minimum Gasteiger partial charge on any atom is -0.457 e. The number of benzene rings is 1. The maximum atomic E-state index is 12.2. The van der Waals surface area contributed by atoms with Gasteiger partial charge in [0.25, 0.3) is 0 Å². The zero-order valence-corrected chi connectivity index (χ0v) is 11.3. The Hall–Kier alpha value is -1.57. The van der Waals surface area contributed by atoms with Gasteiger partial charge in [-0.25, -0.2) is 4.79 Å². The van der Waals surface area contributed by atoms with E-state index < -0.39 is 5.60 Å². The molecule has 0 saturated carbocycles. The molecule has 1 unspecified atom stereocenters. The fraction of sp³-hybridized carbons (Fsp3) is 0.438. The van der Waals surface area contributed by atoms with Crippen molar-refractivity contribution < 1.29 is 9.53 Å². The van der Waals surface area contributed by atoms with Crippen LogP contribution in [0, 0.1) is 0 Å². The molecule has 1 atom stereocenters. The Morgan fingerprint density at radius 2 is 1.89 bits per heavy atom. The van der Waals surface area contributed by atoms with Crippen molar-refractivity contribution >= 4 is 5.97 Å². The van der Waals surface area contributed by atoms with E-state index in [2.05, 4.69) is 12.1 Å². The van der Waals surface area contributed by atoms with Crippen LogP contribution in [-0.4, -0.2) is 11.6 Å². The number of carbonyl (C=O) groups is 1. The normalized spacial score (nSPS) is 19.5. The molecule has 0 spiro atoms. The van der Waals surface area contributed by atoms with Crippen molar-refractivity contribution in [1.29, 1.82) is 0 Å². The number of esters is 1. The first kappa shape index (κ1) is 12.9. The van der Waals surface area contributed by atoms with Gasteiger partial charge in [0.1, 0.15) is 5.60 Å². The Kier molecular flexibility index (Phi) is 3.55. The second kappa shape index (κ2) is 4.97. The second-order valence-corrected chi connectivity index (χ2v) is 5.70.